The molecular weight excluding hydrogens is 230 g/mol. The van der Waals surface area contributed by atoms with E-state index < -0.39 is 6.03 Å². The van der Waals surface area contributed by atoms with E-state index in [1.165, 1.54) is 0 Å². The molecule has 0 bridgehead atoms. The highest BCUT2D eigenvalue weighted by molar-refractivity contribution is 6.04. The van der Waals surface area contributed by atoms with Gasteiger partial charge in [-0.25, -0.2) is 10.2 Å². The van der Waals surface area contributed by atoms with Gasteiger partial charge in [0.25, 0.3) is 0 Å². The third-order valence-electron chi connectivity index (χ3n) is 3.14. The first-order valence-corrected chi connectivity index (χ1v) is 5.94. The van der Waals surface area contributed by atoms with Crippen LogP contribution in [0.15, 0.2) is 29.4 Å². The molecule has 1 aromatic rings. The van der Waals surface area contributed by atoms with Gasteiger partial charge in [-0.15, -0.1) is 0 Å². The van der Waals surface area contributed by atoms with Crippen molar-refractivity contribution in [2.75, 3.05) is 0 Å². The van der Waals surface area contributed by atoms with Crippen LogP contribution in [0.25, 0.3) is 0 Å². The van der Waals surface area contributed by atoms with Gasteiger partial charge in [0.2, 0.25) is 0 Å². The molecule has 1 atom stereocenters. The van der Waals surface area contributed by atoms with E-state index in [4.69, 9.17) is 10.5 Å². The van der Waals surface area contributed by atoms with Crippen molar-refractivity contribution < 1.29 is 9.53 Å². The first-order chi connectivity index (χ1) is 8.54. The summed E-state index contributed by atoms with van der Waals surface area (Å²) in [6.07, 6.45) is 1.50. The fraction of sp³-hybridized carbons (Fsp3) is 0.385. The number of nitrogens with zero attached hydrogens (tertiary/aromatic N) is 1. The molecule has 0 aliphatic carbocycles. The first kappa shape index (κ1) is 12.4. The predicted octanol–water partition coefficient (Wildman–Crippen LogP) is 2.01. The van der Waals surface area contributed by atoms with E-state index in [1.807, 2.05) is 31.2 Å². The Kier molecular flexibility index (Phi) is 3.23. The second kappa shape index (κ2) is 4.68. The van der Waals surface area contributed by atoms with Crippen LogP contribution in [0.4, 0.5) is 4.79 Å². The molecule has 96 valence electrons. The van der Waals surface area contributed by atoms with Gasteiger partial charge in [-0.1, -0.05) is 19.1 Å². The van der Waals surface area contributed by atoms with Crippen molar-refractivity contribution in [3.05, 3.63) is 29.8 Å². The van der Waals surface area contributed by atoms with Gasteiger partial charge in [0.05, 0.1) is 5.71 Å². The topological polar surface area (TPSA) is 76.7 Å². The van der Waals surface area contributed by atoms with Crippen LogP contribution in [0.5, 0.6) is 5.75 Å². The van der Waals surface area contributed by atoms with Gasteiger partial charge in [0.1, 0.15) is 11.4 Å². The molecule has 5 heteroatoms. The number of hydrogen-bond acceptors (Lipinski definition) is 3. The summed E-state index contributed by atoms with van der Waals surface area (Å²) in [5.41, 5.74) is 8.72. The van der Waals surface area contributed by atoms with Crippen LogP contribution < -0.4 is 15.9 Å². The number of urea groups is 1. The monoisotopic (exact) mass is 247 g/mol. The number of carbonyl (C=O) groups excluding carboxylic acids is 1. The van der Waals surface area contributed by atoms with Crippen LogP contribution in [-0.4, -0.2) is 17.3 Å². The zero-order valence-electron chi connectivity index (χ0n) is 10.6. The summed E-state index contributed by atoms with van der Waals surface area (Å²) in [5, 5.41) is 4.08. The fourth-order valence-electron chi connectivity index (χ4n) is 1.96. The normalized spacial score (nSPS) is 24.2. The van der Waals surface area contributed by atoms with Crippen molar-refractivity contribution in [1.29, 1.82) is 0 Å². The number of para-hydroxylation sites is 1. The number of nitrogens with one attached hydrogen (secondary N) is 1. The van der Waals surface area contributed by atoms with E-state index in [1.54, 1.807) is 0 Å². The second-order valence-corrected chi connectivity index (χ2v) is 4.61. The summed E-state index contributed by atoms with van der Waals surface area (Å²) in [5.74, 6) is 0.790. The van der Waals surface area contributed by atoms with Gasteiger partial charge in [-0.2, -0.15) is 5.10 Å². The Balaban J connectivity index is 2.40. The average Bonchev–Trinajstić information content (AvgIpc) is 2.35. The van der Waals surface area contributed by atoms with E-state index in [-0.39, 0.29) is 5.60 Å². The molecule has 0 aromatic heterocycles. The summed E-state index contributed by atoms with van der Waals surface area (Å²) in [6.45, 7) is 4.09. The minimum absolute atomic E-state index is 0.299. The average molecular weight is 247 g/mol. The Hall–Kier alpha value is -2.04. The summed E-state index contributed by atoms with van der Waals surface area (Å²) < 4.78 is 5.98. The van der Waals surface area contributed by atoms with E-state index in [0.29, 0.717) is 6.42 Å². The summed E-state index contributed by atoms with van der Waals surface area (Å²) >= 11 is 0. The van der Waals surface area contributed by atoms with E-state index >= 15 is 0 Å². The third-order valence-corrected chi connectivity index (χ3v) is 3.14. The summed E-state index contributed by atoms with van der Waals surface area (Å²) in [6, 6.07) is 6.99. The lowest BCUT2D eigenvalue weighted by molar-refractivity contribution is 0.0861. The van der Waals surface area contributed by atoms with Crippen LogP contribution in [-0.2, 0) is 0 Å². The Bertz CT molecular complexity index is 499. The van der Waals surface area contributed by atoms with E-state index in [9.17, 15) is 4.79 Å². The Labute approximate surface area is 106 Å². The largest absolute Gasteiger partial charge is 0.486 e. The molecule has 1 aromatic carbocycles. The van der Waals surface area contributed by atoms with E-state index in [0.717, 1.165) is 23.4 Å². The number of nitrogens with two attached hydrogens (primary N) is 1. The zero-order chi connectivity index (χ0) is 13.2. The molecule has 2 rings (SSSR count). The quantitative estimate of drug-likeness (QED) is 0.784. The highest BCUT2D eigenvalue weighted by Gasteiger charge is 2.33. The molecule has 0 saturated heterocycles. The molecule has 1 unspecified atom stereocenters. The highest BCUT2D eigenvalue weighted by Crippen LogP contribution is 2.34. The molecule has 0 spiro atoms. The molecule has 0 radical (unpaired) electrons. The Morgan fingerprint density at radius 2 is 2.28 bits per heavy atom. The van der Waals surface area contributed by atoms with Crippen molar-refractivity contribution in [3.63, 3.8) is 0 Å². The van der Waals surface area contributed by atoms with Gasteiger partial charge < -0.3 is 10.5 Å². The second-order valence-electron chi connectivity index (χ2n) is 4.61. The zero-order valence-corrected chi connectivity index (χ0v) is 10.6. The molecule has 0 fully saturated rings. The van der Waals surface area contributed by atoms with Crippen molar-refractivity contribution >= 4 is 11.7 Å². The van der Waals surface area contributed by atoms with Crippen LogP contribution in [0, 0.1) is 0 Å². The molecule has 1 aliphatic rings. The molecule has 1 aliphatic heterocycles. The molecule has 1 heterocycles. The minimum Gasteiger partial charge on any atom is -0.486 e. The molecular formula is C13H17N3O2. The molecule has 3 N–H and O–H groups in total. The number of primary amides is 1. The number of carbonyl (C=O) groups is 1. The number of rotatable bonds is 2. The number of benzene rings is 1. The van der Waals surface area contributed by atoms with Crippen molar-refractivity contribution in [2.45, 2.75) is 32.3 Å². The SMILES string of the molecule is CCC1(C)C/C(=N\NC(N)=O)c2ccccc2O1. The van der Waals surface area contributed by atoms with Crippen LogP contribution in [0.2, 0.25) is 0 Å². The lowest BCUT2D eigenvalue weighted by atomic mass is 9.89. The molecule has 5 nitrogen and oxygen atoms in total. The molecule has 0 saturated carbocycles. The summed E-state index contributed by atoms with van der Waals surface area (Å²) in [7, 11) is 0. The Morgan fingerprint density at radius 1 is 1.56 bits per heavy atom. The summed E-state index contributed by atoms with van der Waals surface area (Å²) in [4.78, 5) is 10.8. The standard InChI is InChI=1S/C13H17N3O2/c1-3-13(2)8-10(15-16-12(14)17)9-6-4-5-7-11(9)18-13/h4-7H,3,8H2,1-2H3,(H3,14,16,17)/b15-10+. The minimum atomic E-state index is -0.662. The molecule has 2 amide bonds. The maximum Gasteiger partial charge on any atom is 0.332 e. The maximum atomic E-state index is 10.8. The van der Waals surface area contributed by atoms with Crippen molar-refractivity contribution in [1.82, 2.24) is 5.43 Å². The van der Waals surface area contributed by atoms with Crippen LogP contribution in [0.3, 0.4) is 0 Å². The van der Waals surface area contributed by atoms with Gasteiger partial charge in [-0.3, -0.25) is 0 Å². The molecule has 18 heavy (non-hydrogen) atoms. The van der Waals surface area contributed by atoms with Gasteiger partial charge >= 0.3 is 6.03 Å². The first-order valence-electron chi connectivity index (χ1n) is 5.94. The number of fused-ring (bicyclic) bond motifs is 1. The van der Waals surface area contributed by atoms with Crippen LogP contribution >= 0.6 is 0 Å². The van der Waals surface area contributed by atoms with Gasteiger partial charge in [0.15, 0.2) is 0 Å². The maximum absolute atomic E-state index is 10.8. The van der Waals surface area contributed by atoms with E-state index in [2.05, 4.69) is 17.5 Å². The van der Waals surface area contributed by atoms with Crippen molar-refractivity contribution in [3.8, 4) is 5.75 Å². The Morgan fingerprint density at radius 3 is 2.94 bits per heavy atom. The lowest BCUT2D eigenvalue weighted by Crippen LogP contribution is -2.39. The van der Waals surface area contributed by atoms with Crippen molar-refractivity contribution in [2.24, 2.45) is 10.8 Å². The van der Waals surface area contributed by atoms with Gasteiger partial charge in [-0.05, 0) is 25.5 Å². The van der Waals surface area contributed by atoms with Crippen LogP contribution in [0.1, 0.15) is 32.3 Å². The fourth-order valence-corrected chi connectivity index (χ4v) is 1.96. The number of hydrazone groups is 1. The predicted molar refractivity (Wildman–Crippen MR) is 69.6 cm³/mol. The number of amides is 2. The number of ether oxygens (including phenoxy) is 1. The smallest absolute Gasteiger partial charge is 0.332 e. The number of hydrogen-bond donors (Lipinski definition) is 2. The lowest BCUT2D eigenvalue weighted by Gasteiger charge is -2.35. The van der Waals surface area contributed by atoms with Gasteiger partial charge in [0, 0.05) is 12.0 Å². The highest BCUT2D eigenvalue weighted by atomic mass is 16.5. The third kappa shape index (κ3) is 2.45.